The number of nitrogens with zero attached hydrogens (tertiary/aromatic N) is 1. The third kappa shape index (κ3) is 5.08. The monoisotopic (exact) mass is 559 g/mol. The minimum atomic E-state index is -1.40. The summed E-state index contributed by atoms with van der Waals surface area (Å²) < 4.78 is 4.77. The Hall–Kier alpha value is -1.48. The minimum absolute atomic E-state index is 0.00536. The van der Waals surface area contributed by atoms with E-state index in [-0.39, 0.29) is 40.7 Å². The van der Waals surface area contributed by atoms with Crippen LogP contribution in [0, 0.1) is 34.5 Å². The van der Waals surface area contributed by atoms with E-state index in [2.05, 4.69) is 11.8 Å². The molecular formula is C31H45NO6S. The first-order valence-corrected chi connectivity index (χ1v) is 15.9. The van der Waals surface area contributed by atoms with E-state index in [4.69, 9.17) is 4.74 Å². The summed E-state index contributed by atoms with van der Waals surface area (Å²) in [6.07, 6.45) is 11.3. The molecule has 7 atom stereocenters. The van der Waals surface area contributed by atoms with E-state index in [1.54, 1.807) is 23.9 Å². The number of aliphatic hydroxyl groups is 2. The summed E-state index contributed by atoms with van der Waals surface area (Å²) >= 11 is 1.62. The van der Waals surface area contributed by atoms with Gasteiger partial charge in [0.25, 0.3) is 0 Å². The molecule has 0 radical (unpaired) electrons. The second-order valence-electron chi connectivity index (χ2n) is 13.2. The zero-order chi connectivity index (χ0) is 28.0. The molecule has 5 rings (SSSR count). The molecule has 0 bridgehead atoms. The Morgan fingerprint density at radius 2 is 1.92 bits per heavy atom. The van der Waals surface area contributed by atoms with Crippen molar-refractivity contribution in [1.29, 1.82) is 0 Å². The van der Waals surface area contributed by atoms with E-state index in [1.165, 1.54) is 7.11 Å². The molecule has 1 heterocycles. The summed E-state index contributed by atoms with van der Waals surface area (Å²) in [6.45, 7) is 6.35. The quantitative estimate of drug-likeness (QED) is 0.344. The van der Waals surface area contributed by atoms with Crippen LogP contribution in [0.3, 0.4) is 0 Å². The number of hydrogen-bond donors (Lipinski definition) is 2. The molecule has 39 heavy (non-hydrogen) atoms. The van der Waals surface area contributed by atoms with Gasteiger partial charge in [-0.25, -0.2) is 0 Å². The van der Waals surface area contributed by atoms with Gasteiger partial charge >= 0.3 is 5.97 Å². The number of methoxy groups -OCH3 is 1. The number of rotatable bonds is 8. The number of carbonyl (C=O) groups is 3. The highest BCUT2D eigenvalue weighted by Crippen LogP contribution is 2.67. The Bertz CT molecular complexity index is 1050. The van der Waals surface area contributed by atoms with E-state index >= 15 is 0 Å². The van der Waals surface area contributed by atoms with Gasteiger partial charge < -0.3 is 14.9 Å². The zero-order valence-corrected chi connectivity index (χ0v) is 24.5. The van der Waals surface area contributed by atoms with Crippen molar-refractivity contribution in [3.8, 4) is 0 Å². The molecule has 4 aliphatic carbocycles. The number of ketones is 2. The third-order valence-corrected chi connectivity index (χ3v) is 12.3. The third-order valence-electron chi connectivity index (χ3n) is 11.3. The standard InChI is InChI=1S/C31H45NO6S/c1-29-11-6-22(33)16-21(29)4-5-23-24-7-12-31(37,30(24,2)17-25(34)28(23)29)26(35)19-39-15-10-20-8-13-32(14-9-20)18-27(36)38-3/h6,11,16,20,23-25,28,34,37H,4-5,7-10,12-15,17-19H2,1-3H3/t23?,24?,25?,28?,29-,30-,31-/m0/s1. The van der Waals surface area contributed by atoms with Crippen LogP contribution in [0.5, 0.6) is 0 Å². The zero-order valence-electron chi connectivity index (χ0n) is 23.7. The van der Waals surface area contributed by atoms with Crippen LogP contribution in [0.25, 0.3) is 0 Å². The summed E-state index contributed by atoms with van der Waals surface area (Å²) in [4.78, 5) is 39.3. The van der Waals surface area contributed by atoms with Gasteiger partial charge in [0.1, 0.15) is 5.60 Å². The van der Waals surface area contributed by atoms with Gasteiger partial charge in [-0.05, 0) is 100 Å². The molecular weight excluding hydrogens is 514 g/mol. The van der Waals surface area contributed by atoms with Crippen molar-refractivity contribution < 1.29 is 29.3 Å². The fraction of sp³-hybridized carbons (Fsp3) is 0.774. The molecule has 5 aliphatic rings. The SMILES string of the molecule is COC(=O)CN1CCC(CCSCC(=O)[C@@]2(O)CCC3C4CCC5=CC(=O)C=C[C@]5(C)C4C(O)C[C@@]32C)CC1. The summed E-state index contributed by atoms with van der Waals surface area (Å²) in [5.74, 6) is 1.95. The highest BCUT2D eigenvalue weighted by atomic mass is 32.2. The Labute approximate surface area is 236 Å². The Balaban J connectivity index is 1.16. The largest absolute Gasteiger partial charge is 0.468 e. The maximum absolute atomic E-state index is 13.6. The fourth-order valence-corrected chi connectivity index (χ4v) is 10.1. The molecule has 0 aromatic heterocycles. The average molecular weight is 560 g/mol. The molecule has 216 valence electrons. The number of aliphatic hydroxyl groups excluding tert-OH is 1. The van der Waals surface area contributed by atoms with Gasteiger partial charge in [-0.1, -0.05) is 25.5 Å². The number of ether oxygens (including phenoxy) is 1. The molecule has 1 saturated heterocycles. The highest BCUT2D eigenvalue weighted by Gasteiger charge is 2.67. The Kier molecular flexibility index (Phi) is 8.24. The van der Waals surface area contributed by atoms with Gasteiger partial charge in [0.2, 0.25) is 0 Å². The summed E-state index contributed by atoms with van der Waals surface area (Å²) in [5, 5.41) is 23.5. The lowest BCUT2D eigenvalue weighted by Crippen LogP contribution is -2.61. The van der Waals surface area contributed by atoms with Crippen LogP contribution in [-0.2, 0) is 19.1 Å². The van der Waals surface area contributed by atoms with E-state index in [0.29, 0.717) is 31.1 Å². The van der Waals surface area contributed by atoms with Crippen LogP contribution in [-0.4, -0.2) is 82.6 Å². The second-order valence-corrected chi connectivity index (χ2v) is 14.3. The Morgan fingerprint density at radius 1 is 1.18 bits per heavy atom. The number of likely N-dealkylation sites (tertiary alicyclic amines) is 1. The predicted molar refractivity (Wildman–Crippen MR) is 151 cm³/mol. The van der Waals surface area contributed by atoms with Crippen LogP contribution in [0.15, 0.2) is 23.8 Å². The van der Waals surface area contributed by atoms with Crippen LogP contribution in [0.4, 0.5) is 0 Å². The molecule has 0 amide bonds. The van der Waals surface area contributed by atoms with Crippen molar-refractivity contribution >= 4 is 29.3 Å². The summed E-state index contributed by atoms with van der Waals surface area (Å²) in [5.41, 5.74) is -1.25. The lowest BCUT2D eigenvalue weighted by atomic mass is 9.46. The average Bonchev–Trinajstić information content (AvgIpc) is 3.18. The first-order valence-electron chi connectivity index (χ1n) is 14.8. The molecule has 2 N–H and O–H groups in total. The summed E-state index contributed by atoms with van der Waals surface area (Å²) in [6, 6.07) is 0. The van der Waals surface area contributed by atoms with Crippen LogP contribution in [0.1, 0.15) is 65.2 Å². The minimum Gasteiger partial charge on any atom is -0.468 e. The first-order chi connectivity index (χ1) is 18.5. The molecule has 4 fully saturated rings. The molecule has 0 aromatic carbocycles. The van der Waals surface area contributed by atoms with E-state index < -0.39 is 17.1 Å². The summed E-state index contributed by atoms with van der Waals surface area (Å²) in [7, 11) is 1.42. The number of esters is 1. The van der Waals surface area contributed by atoms with Gasteiger partial charge in [-0.3, -0.25) is 19.3 Å². The van der Waals surface area contributed by atoms with Crippen molar-refractivity contribution in [2.75, 3.05) is 38.2 Å². The first kappa shape index (κ1) is 29.0. The normalized spacial score (nSPS) is 40.4. The molecule has 1 aliphatic heterocycles. The van der Waals surface area contributed by atoms with Gasteiger partial charge in [-0.15, -0.1) is 0 Å². The van der Waals surface area contributed by atoms with Crippen LogP contribution < -0.4 is 0 Å². The van der Waals surface area contributed by atoms with Crippen LogP contribution >= 0.6 is 11.8 Å². The van der Waals surface area contributed by atoms with Crippen molar-refractivity contribution in [3.63, 3.8) is 0 Å². The molecule has 4 unspecified atom stereocenters. The maximum Gasteiger partial charge on any atom is 0.319 e. The maximum atomic E-state index is 13.6. The number of carbonyl (C=O) groups excluding carboxylic acids is 3. The lowest BCUT2D eigenvalue weighted by molar-refractivity contribution is -0.174. The second kappa shape index (κ2) is 11.1. The van der Waals surface area contributed by atoms with Crippen molar-refractivity contribution in [1.82, 2.24) is 4.90 Å². The van der Waals surface area contributed by atoms with Gasteiger partial charge in [0.05, 0.1) is 25.5 Å². The highest BCUT2D eigenvalue weighted by molar-refractivity contribution is 7.99. The molecule has 8 heteroatoms. The predicted octanol–water partition coefficient (Wildman–Crippen LogP) is 3.57. The number of piperidine rings is 1. The molecule has 0 aromatic rings. The van der Waals surface area contributed by atoms with Gasteiger partial charge in [0.15, 0.2) is 11.6 Å². The van der Waals surface area contributed by atoms with E-state index in [9.17, 15) is 24.6 Å². The van der Waals surface area contributed by atoms with Crippen molar-refractivity contribution in [2.24, 2.45) is 34.5 Å². The van der Waals surface area contributed by atoms with Crippen molar-refractivity contribution in [3.05, 3.63) is 23.8 Å². The lowest BCUT2D eigenvalue weighted by Gasteiger charge is -2.59. The number of Topliss-reactive ketones (excluding diaryl/α,β-unsaturated/α-hetero) is 1. The van der Waals surface area contributed by atoms with E-state index in [1.807, 2.05) is 13.0 Å². The number of allylic oxidation sites excluding steroid dienone is 4. The Morgan fingerprint density at radius 3 is 2.64 bits per heavy atom. The number of thioether (sulfide) groups is 1. The molecule has 0 spiro atoms. The van der Waals surface area contributed by atoms with Crippen LogP contribution in [0.2, 0.25) is 0 Å². The molecule has 3 saturated carbocycles. The number of hydrogen-bond acceptors (Lipinski definition) is 8. The smallest absolute Gasteiger partial charge is 0.319 e. The van der Waals surface area contributed by atoms with Gasteiger partial charge in [-0.2, -0.15) is 11.8 Å². The molecule has 7 nitrogen and oxygen atoms in total. The number of fused-ring (bicyclic) bond motifs is 5. The fourth-order valence-electron chi connectivity index (χ4n) is 9.00. The van der Waals surface area contributed by atoms with Gasteiger partial charge in [0, 0.05) is 16.7 Å². The van der Waals surface area contributed by atoms with E-state index in [0.717, 1.165) is 62.9 Å². The van der Waals surface area contributed by atoms with Crippen molar-refractivity contribution in [2.45, 2.75) is 76.9 Å². The topological polar surface area (TPSA) is 104 Å².